The normalized spacial score (nSPS) is 10.2. The molecule has 0 aliphatic rings. The van der Waals surface area contributed by atoms with Crippen LogP contribution in [0.1, 0.15) is 18.9 Å². The SMILES string of the molecule is CCSCCNc1cccc(CCC(=O)O)c1. The van der Waals surface area contributed by atoms with E-state index in [0.717, 1.165) is 29.3 Å². The fraction of sp³-hybridized carbons (Fsp3) is 0.462. The molecule has 0 aliphatic heterocycles. The van der Waals surface area contributed by atoms with Gasteiger partial charge in [-0.25, -0.2) is 0 Å². The van der Waals surface area contributed by atoms with Crippen LogP contribution in [0.5, 0.6) is 0 Å². The third-order valence-electron chi connectivity index (χ3n) is 2.33. The van der Waals surface area contributed by atoms with Gasteiger partial charge in [-0.05, 0) is 29.9 Å². The Morgan fingerprint density at radius 1 is 1.47 bits per heavy atom. The highest BCUT2D eigenvalue weighted by Gasteiger charge is 2.00. The number of thioether (sulfide) groups is 1. The zero-order valence-corrected chi connectivity index (χ0v) is 10.9. The molecule has 0 radical (unpaired) electrons. The van der Waals surface area contributed by atoms with E-state index in [2.05, 4.69) is 12.2 Å². The van der Waals surface area contributed by atoms with E-state index in [0.29, 0.717) is 6.42 Å². The van der Waals surface area contributed by atoms with Crippen molar-refractivity contribution >= 4 is 23.4 Å². The Balaban J connectivity index is 2.39. The first-order chi connectivity index (χ1) is 8.22. The third kappa shape index (κ3) is 6.22. The largest absolute Gasteiger partial charge is 0.481 e. The van der Waals surface area contributed by atoms with Crippen LogP contribution in [0.25, 0.3) is 0 Å². The van der Waals surface area contributed by atoms with Crippen LogP contribution in [0.2, 0.25) is 0 Å². The predicted molar refractivity (Wildman–Crippen MR) is 73.9 cm³/mol. The second-order valence-corrected chi connectivity index (χ2v) is 5.11. The zero-order chi connectivity index (χ0) is 12.5. The molecule has 0 amide bonds. The molecule has 0 fully saturated rings. The van der Waals surface area contributed by atoms with Gasteiger partial charge in [0.25, 0.3) is 0 Å². The quantitative estimate of drug-likeness (QED) is 0.699. The maximum Gasteiger partial charge on any atom is 0.303 e. The van der Waals surface area contributed by atoms with Crippen LogP contribution < -0.4 is 5.32 Å². The van der Waals surface area contributed by atoms with Crippen molar-refractivity contribution in [2.24, 2.45) is 0 Å². The van der Waals surface area contributed by atoms with Crippen LogP contribution in [0, 0.1) is 0 Å². The van der Waals surface area contributed by atoms with E-state index < -0.39 is 5.97 Å². The van der Waals surface area contributed by atoms with Crippen LogP contribution in [0.4, 0.5) is 5.69 Å². The average Bonchev–Trinajstić information content (AvgIpc) is 2.33. The molecule has 1 aromatic carbocycles. The first-order valence-corrected chi connectivity index (χ1v) is 7.00. The van der Waals surface area contributed by atoms with E-state index in [1.807, 2.05) is 36.0 Å². The van der Waals surface area contributed by atoms with Gasteiger partial charge in [-0.15, -0.1) is 0 Å². The molecule has 0 atom stereocenters. The fourth-order valence-corrected chi connectivity index (χ4v) is 2.04. The topological polar surface area (TPSA) is 49.3 Å². The summed E-state index contributed by atoms with van der Waals surface area (Å²) in [6, 6.07) is 7.97. The molecule has 2 N–H and O–H groups in total. The van der Waals surface area contributed by atoms with Gasteiger partial charge in [0.2, 0.25) is 0 Å². The summed E-state index contributed by atoms with van der Waals surface area (Å²) in [5.74, 6) is 1.48. The number of carboxylic acid groups (broad SMARTS) is 1. The summed E-state index contributed by atoms with van der Waals surface area (Å²) in [5.41, 5.74) is 2.14. The molecular formula is C13H19NO2S. The Hall–Kier alpha value is -1.16. The molecule has 0 spiro atoms. The third-order valence-corrected chi connectivity index (χ3v) is 3.24. The number of aryl methyl sites for hydroxylation is 1. The summed E-state index contributed by atoms with van der Waals surface area (Å²) in [6.07, 6.45) is 0.781. The first-order valence-electron chi connectivity index (χ1n) is 5.84. The summed E-state index contributed by atoms with van der Waals surface area (Å²) in [6.45, 7) is 3.10. The van der Waals surface area contributed by atoms with E-state index in [9.17, 15) is 4.79 Å². The summed E-state index contributed by atoms with van der Waals surface area (Å²) in [4.78, 5) is 10.5. The van der Waals surface area contributed by atoms with Crippen molar-refractivity contribution in [2.75, 3.05) is 23.4 Å². The van der Waals surface area contributed by atoms with E-state index in [4.69, 9.17) is 5.11 Å². The van der Waals surface area contributed by atoms with Crippen LogP contribution >= 0.6 is 11.8 Å². The van der Waals surface area contributed by atoms with Gasteiger partial charge in [-0.3, -0.25) is 4.79 Å². The highest BCUT2D eigenvalue weighted by Crippen LogP contribution is 2.12. The number of anilines is 1. The van der Waals surface area contributed by atoms with Gasteiger partial charge >= 0.3 is 5.97 Å². The zero-order valence-electron chi connectivity index (χ0n) is 10.1. The van der Waals surface area contributed by atoms with E-state index in [-0.39, 0.29) is 6.42 Å². The summed E-state index contributed by atoms with van der Waals surface area (Å²) in [7, 11) is 0. The van der Waals surface area contributed by atoms with E-state index >= 15 is 0 Å². The molecule has 1 rings (SSSR count). The standard InChI is InChI=1S/C13H19NO2S/c1-2-17-9-8-14-12-5-3-4-11(10-12)6-7-13(15)16/h3-5,10,14H,2,6-9H2,1H3,(H,15,16). The molecule has 0 unspecified atom stereocenters. The Morgan fingerprint density at radius 2 is 2.29 bits per heavy atom. The first kappa shape index (κ1) is 13.9. The number of benzene rings is 1. The summed E-state index contributed by atoms with van der Waals surface area (Å²) in [5, 5.41) is 12.0. The Kier molecular flexibility index (Phi) is 6.55. The molecule has 1 aromatic rings. The molecule has 0 heterocycles. The van der Waals surface area contributed by atoms with Gasteiger partial charge < -0.3 is 10.4 Å². The van der Waals surface area contributed by atoms with Crippen LogP contribution in [-0.4, -0.2) is 29.1 Å². The summed E-state index contributed by atoms with van der Waals surface area (Å²) < 4.78 is 0. The number of rotatable bonds is 8. The highest BCUT2D eigenvalue weighted by atomic mass is 32.2. The number of nitrogens with one attached hydrogen (secondary N) is 1. The monoisotopic (exact) mass is 253 g/mol. The molecule has 0 bridgehead atoms. The van der Waals surface area contributed by atoms with Gasteiger partial charge in [0.05, 0.1) is 0 Å². The molecule has 0 aromatic heterocycles. The number of aliphatic carboxylic acids is 1. The second kappa shape index (κ2) is 8.01. The number of carboxylic acids is 1. The lowest BCUT2D eigenvalue weighted by molar-refractivity contribution is -0.136. The number of hydrogen-bond acceptors (Lipinski definition) is 3. The van der Waals surface area contributed by atoms with Crippen molar-refractivity contribution in [2.45, 2.75) is 19.8 Å². The lowest BCUT2D eigenvalue weighted by Gasteiger charge is -2.07. The van der Waals surface area contributed by atoms with Crippen molar-refractivity contribution in [1.29, 1.82) is 0 Å². The fourth-order valence-electron chi connectivity index (χ4n) is 1.50. The van der Waals surface area contributed by atoms with Gasteiger partial charge in [0.15, 0.2) is 0 Å². The minimum Gasteiger partial charge on any atom is -0.481 e. The van der Waals surface area contributed by atoms with Crippen molar-refractivity contribution in [1.82, 2.24) is 0 Å². The van der Waals surface area contributed by atoms with Crippen molar-refractivity contribution in [3.8, 4) is 0 Å². The number of hydrogen-bond donors (Lipinski definition) is 2. The maximum atomic E-state index is 10.5. The molecule has 17 heavy (non-hydrogen) atoms. The van der Waals surface area contributed by atoms with Gasteiger partial charge in [0.1, 0.15) is 0 Å². The number of carbonyl (C=O) groups is 1. The molecule has 0 aliphatic carbocycles. The second-order valence-electron chi connectivity index (χ2n) is 3.72. The van der Waals surface area contributed by atoms with E-state index in [1.165, 1.54) is 0 Å². The lowest BCUT2D eigenvalue weighted by Crippen LogP contribution is -2.04. The van der Waals surface area contributed by atoms with E-state index in [1.54, 1.807) is 0 Å². The minimum atomic E-state index is -0.747. The molecule has 4 heteroatoms. The van der Waals surface area contributed by atoms with Crippen molar-refractivity contribution in [3.63, 3.8) is 0 Å². The molecular weight excluding hydrogens is 234 g/mol. The van der Waals surface area contributed by atoms with Crippen LogP contribution in [0.15, 0.2) is 24.3 Å². The molecule has 3 nitrogen and oxygen atoms in total. The molecule has 94 valence electrons. The summed E-state index contributed by atoms with van der Waals surface area (Å²) >= 11 is 1.91. The molecule has 0 saturated carbocycles. The Bertz CT molecular complexity index is 355. The average molecular weight is 253 g/mol. The van der Waals surface area contributed by atoms with Gasteiger partial charge in [0, 0.05) is 24.4 Å². The maximum absolute atomic E-state index is 10.5. The lowest BCUT2D eigenvalue weighted by atomic mass is 10.1. The van der Waals surface area contributed by atoms with Gasteiger partial charge in [-0.2, -0.15) is 11.8 Å². The Morgan fingerprint density at radius 3 is 3.00 bits per heavy atom. The molecule has 0 saturated heterocycles. The minimum absolute atomic E-state index is 0.190. The predicted octanol–water partition coefficient (Wildman–Crippen LogP) is 2.87. The Labute approximate surface area is 107 Å². The van der Waals surface area contributed by atoms with Crippen LogP contribution in [0.3, 0.4) is 0 Å². The smallest absolute Gasteiger partial charge is 0.303 e. The van der Waals surface area contributed by atoms with Crippen molar-refractivity contribution in [3.05, 3.63) is 29.8 Å². The van der Waals surface area contributed by atoms with Crippen molar-refractivity contribution < 1.29 is 9.90 Å². The van der Waals surface area contributed by atoms with Gasteiger partial charge in [-0.1, -0.05) is 19.1 Å². The highest BCUT2D eigenvalue weighted by molar-refractivity contribution is 7.99. The van der Waals surface area contributed by atoms with Crippen LogP contribution in [-0.2, 0) is 11.2 Å².